The van der Waals surface area contributed by atoms with Gasteiger partial charge in [0.05, 0.1) is 6.04 Å². The fourth-order valence-corrected chi connectivity index (χ4v) is 3.02. The molecule has 0 spiro atoms. The highest BCUT2D eigenvalue weighted by Gasteiger charge is 2.21. The van der Waals surface area contributed by atoms with E-state index in [1.54, 1.807) is 0 Å². The molecule has 0 unspecified atom stereocenters. The van der Waals surface area contributed by atoms with E-state index in [9.17, 15) is 4.79 Å². The summed E-state index contributed by atoms with van der Waals surface area (Å²) in [5, 5.41) is 3.94. The second-order valence-electron chi connectivity index (χ2n) is 8.02. The number of hydrogen-bond donors (Lipinski definition) is 1. The highest BCUT2D eigenvalue weighted by Crippen LogP contribution is 2.26. The lowest BCUT2D eigenvalue weighted by atomic mass is 10.0. The number of carbonyl (C=O) groups is 1. The molecule has 25 heavy (non-hydrogen) atoms. The predicted octanol–water partition coefficient (Wildman–Crippen LogP) is 4.16. The van der Waals surface area contributed by atoms with Crippen molar-refractivity contribution in [2.75, 3.05) is 6.54 Å². The van der Waals surface area contributed by atoms with Crippen LogP contribution in [0.15, 0.2) is 12.3 Å². The summed E-state index contributed by atoms with van der Waals surface area (Å²) in [5.41, 5.74) is 1.53. The van der Waals surface area contributed by atoms with E-state index in [2.05, 4.69) is 46.7 Å². The fraction of sp³-hybridized carbons (Fsp3) is 0.632. The van der Waals surface area contributed by atoms with Crippen LogP contribution in [0.4, 0.5) is 4.79 Å². The standard InChI is InChI=1S/C19H30N4O2/c1-12(2)8-16(11-21-18(24)25-19(5,6)7)23-13(3)9-15-10-20-14(4)22-17(15)23/h9-10,12,16H,8,11H2,1-7H3,(H,21,24)/t16-/m0/s1. The van der Waals surface area contributed by atoms with E-state index in [1.807, 2.05) is 33.9 Å². The second-order valence-corrected chi connectivity index (χ2v) is 8.02. The number of alkyl carbamates (subject to hydrolysis) is 1. The molecule has 1 N–H and O–H groups in total. The SMILES string of the molecule is Cc1ncc2cc(C)n([C@H](CNC(=O)OC(C)(C)C)CC(C)C)c2n1. The summed E-state index contributed by atoms with van der Waals surface area (Å²) in [6.07, 6.45) is 2.40. The molecule has 0 fully saturated rings. The molecular weight excluding hydrogens is 316 g/mol. The molecule has 2 aromatic rings. The third-order valence-electron chi connectivity index (χ3n) is 3.88. The lowest BCUT2D eigenvalue weighted by molar-refractivity contribution is 0.0518. The average molecular weight is 346 g/mol. The Morgan fingerprint density at radius 2 is 2.00 bits per heavy atom. The van der Waals surface area contributed by atoms with Crippen molar-refractivity contribution in [3.05, 3.63) is 23.8 Å². The lowest BCUT2D eigenvalue weighted by Gasteiger charge is -2.25. The molecule has 2 heterocycles. The zero-order valence-corrected chi connectivity index (χ0v) is 16.4. The largest absolute Gasteiger partial charge is 0.444 e. The Labute approximate surface area is 150 Å². The highest BCUT2D eigenvalue weighted by atomic mass is 16.6. The smallest absolute Gasteiger partial charge is 0.407 e. The van der Waals surface area contributed by atoms with Gasteiger partial charge in [0.1, 0.15) is 17.1 Å². The van der Waals surface area contributed by atoms with Gasteiger partial charge in [-0.1, -0.05) is 13.8 Å². The molecule has 6 heteroatoms. The number of fused-ring (bicyclic) bond motifs is 1. The van der Waals surface area contributed by atoms with Crippen LogP contribution in [0.1, 0.15) is 58.6 Å². The number of rotatable bonds is 5. The van der Waals surface area contributed by atoms with Crippen molar-refractivity contribution in [1.82, 2.24) is 19.9 Å². The van der Waals surface area contributed by atoms with E-state index in [-0.39, 0.29) is 12.1 Å². The number of aromatic nitrogens is 3. The first-order chi connectivity index (χ1) is 11.6. The number of nitrogens with one attached hydrogen (secondary N) is 1. The minimum absolute atomic E-state index is 0.110. The van der Waals surface area contributed by atoms with E-state index < -0.39 is 5.60 Å². The Kier molecular flexibility index (Phi) is 5.70. The van der Waals surface area contributed by atoms with Crippen LogP contribution < -0.4 is 5.32 Å². The van der Waals surface area contributed by atoms with E-state index in [0.29, 0.717) is 12.5 Å². The summed E-state index contributed by atoms with van der Waals surface area (Å²) in [7, 11) is 0. The highest BCUT2D eigenvalue weighted by molar-refractivity contribution is 5.76. The number of carbonyl (C=O) groups excluding carboxylic acids is 1. The van der Waals surface area contributed by atoms with Gasteiger partial charge < -0.3 is 14.6 Å². The summed E-state index contributed by atoms with van der Waals surface area (Å²) >= 11 is 0. The van der Waals surface area contributed by atoms with Gasteiger partial charge in [0, 0.05) is 23.8 Å². The van der Waals surface area contributed by atoms with Gasteiger partial charge in [0.25, 0.3) is 0 Å². The summed E-state index contributed by atoms with van der Waals surface area (Å²) < 4.78 is 7.57. The lowest BCUT2D eigenvalue weighted by Crippen LogP contribution is -2.36. The molecule has 138 valence electrons. The van der Waals surface area contributed by atoms with Gasteiger partial charge in [0.15, 0.2) is 0 Å². The number of hydrogen-bond acceptors (Lipinski definition) is 4. The first-order valence-electron chi connectivity index (χ1n) is 8.85. The fourth-order valence-electron chi connectivity index (χ4n) is 3.02. The summed E-state index contributed by atoms with van der Waals surface area (Å²) in [6.45, 7) is 14.4. The van der Waals surface area contributed by atoms with Crippen LogP contribution in [-0.2, 0) is 4.74 Å². The van der Waals surface area contributed by atoms with E-state index in [4.69, 9.17) is 4.74 Å². The van der Waals surface area contributed by atoms with Crippen LogP contribution in [-0.4, -0.2) is 32.8 Å². The zero-order valence-electron chi connectivity index (χ0n) is 16.4. The van der Waals surface area contributed by atoms with Crippen LogP contribution in [0.5, 0.6) is 0 Å². The molecule has 2 rings (SSSR count). The van der Waals surface area contributed by atoms with Crippen molar-refractivity contribution < 1.29 is 9.53 Å². The van der Waals surface area contributed by atoms with Gasteiger partial charge in [0.2, 0.25) is 0 Å². The van der Waals surface area contributed by atoms with Gasteiger partial charge in [-0.3, -0.25) is 0 Å². The van der Waals surface area contributed by atoms with Crippen molar-refractivity contribution in [3.8, 4) is 0 Å². The molecule has 0 bridgehead atoms. The third kappa shape index (κ3) is 5.18. The normalized spacial score (nSPS) is 13.3. The molecule has 0 aliphatic carbocycles. The molecule has 2 aromatic heterocycles. The Morgan fingerprint density at radius 1 is 1.32 bits per heavy atom. The van der Waals surface area contributed by atoms with Gasteiger partial charge in [-0.2, -0.15) is 0 Å². The number of aryl methyl sites for hydroxylation is 2. The Bertz CT molecular complexity index is 744. The number of ether oxygens (including phenoxy) is 1. The number of nitrogens with zero attached hydrogens (tertiary/aromatic N) is 3. The predicted molar refractivity (Wildman–Crippen MR) is 99.7 cm³/mol. The summed E-state index contributed by atoms with van der Waals surface area (Å²) in [6, 6.07) is 2.20. The first-order valence-corrected chi connectivity index (χ1v) is 8.85. The van der Waals surface area contributed by atoms with Crippen LogP contribution in [0.25, 0.3) is 11.0 Å². The van der Waals surface area contributed by atoms with Gasteiger partial charge in [-0.25, -0.2) is 14.8 Å². The first kappa shape index (κ1) is 19.2. The molecule has 1 atom stereocenters. The maximum Gasteiger partial charge on any atom is 0.407 e. The minimum Gasteiger partial charge on any atom is -0.444 e. The Hall–Kier alpha value is -2.11. The summed E-state index contributed by atoms with van der Waals surface area (Å²) in [4.78, 5) is 21.0. The van der Waals surface area contributed by atoms with E-state index in [1.165, 1.54) is 0 Å². The molecule has 0 saturated carbocycles. The van der Waals surface area contributed by atoms with Crippen LogP contribution in [0.3, 0.4) is 0 Å². The zero-order chi connectivity index (χ0) is 18.8. The monoisotopic (exact) mass is 346 g/mol. The Morgan fingerprint density at radius 3 is 2.60 bits per heavy atom. The van der Waals surface area contributed by atoms with Crippen LogP contribution in [0, 0.1) is 19.8 Å². The van der Waals surface area contributed by atoms with Crippen molar-refractivity contribution in [2.45, 2.75) is 66.5 Å². The topological polar surface area (TPSA) is 69.0 Å². The van der Waals surface area contributed by atoms with Crippen molar-refractivity contribution in [1.29, 1.82) is 0 Å². The quantitative estimate of drug-likeness (QED) is 0.882. The third-order valence-corrected chi connectivity index (χ3v) is 3.88. The average Bonchev–Trinajstić information content (AvgIpc) is 2.76. The maximum absolute atomic E-state index is 12.1. The van der Waals surface area contributed by atoms with Crippen LogP contribution in [0.2, 0.25) is 0 Å². The van der Waals surface area contributed by atoms with Crippen molar-refractivity contribution in [3.63, 3.8) is 0 Å². The number of amides is 1. The van der Waals surface area contributed by atoms with E-state index in [0.717, 1.165) is 29.0 Å². The van der Waals surface area contributed by atoms with Gasteiger partial charge in [-0.05, 0) is 53.0 Å². The molecule has 6 nitrogen and oxygen atoms in total. The second kappa shape index (κ2) is 7.42. The van der Waals surface area contributed by atoms with E-state index >= 15 is 0 Å². The molecule has 0 radical (unpaired) electrons. The molecule has 1 amide bonds. The maximum atomic E-state index is 12.1. The van der Waals surface area contributed by atoms with Crippen LogP contribution >= 0.6 is 0 Å². The van der Waals surface area contributed by atoms with Gasteiger partial charge in [-0.15, -0.1) is 0 Å². The minimum atomic E-state index is -0.502. The molecule has 0 aromatic carbocycles. The molecule has 0 saturated heterocycles. The van der Waals surface area contributed by atoms with Crippen molar-refractivity contribution in [2.24, 2.45) is 5.92 Å². The molecular formula is C19H30N4O2. The molecule has 0 aliphatic heterocycles. The van der Waals surface area contributed by atoms with Gasteiger partial charge >= 0.3 is 6.09 Å². The molecule has 0 aliphatic rings. The Balaban J connectivity index is 2.27. The van der Waals surface area contributed by atoms with Crippen molar-refractivity contribution >= 4 is 17.1 Å². The summed E-state index contributed by atoms with van der Waals surface area (Å²) in [5.74, 6) is 1.24.